The molecule has 0 fully saturated rings. The Kier molecular flexibility index (Phi) is 3.53. The number of benzene rings is 2. The van der Waals surface area contributed by atoms with Gasteiger partial charge in [-0.15, -0.1) is 0 Å². The molecule has 0 bridgehead atoms. The highest BCUT2D eigenvalue weighted by Crippen LogP contribution is 2.23. The van der Waals surface area contributed by atoms with E-state index in [-0.39, 0.29) is 11.3 Å². The fraction of sp³-hybridized carbons (Fsp3) is 0. The van der Waals surface area contributed by atoms with E-state index in [0.29, 0.717) is 0 Å². The van der Waals surface area contributed by atoms with Gasteiger partial charge in [-0.2, -0.15) is 0 Å². The molecule has 0 aliphatic heterocycles. The first-order valence-corrected chi connectivity index (χ1v) is 6.01. The molecule has 0 heterocycles. The Morgan fingerprint density at radius 2 is 1.72 bits per heavy atom. The van der Waals surface area contributed by atoms with E-state index in [9.17, 15) is 4.79 Å². The molecule has 0 unspecified atom stereocenters. The Morgan fingerprint density at radius 1 is 1.11 bits per heavy atom. The van der Waals surface area contributed by atoms with Gasteiger partial charge in [-0.25, -0.2) is 4.79 Å². The third-order valence-corrected chi connectivity index (χ3v) is 2.94. The standard InChI is InChI=1S/C13H11BrN2O2/c14-8-1-3-9(4-2-8)16-10-5-6-11(13(17)18)12(15)7-10/h1-7,16H,15H2,(H,17,18). The van der Waals surface area contributed by atoms with Crippen LogP contribution in [-0.2, 0) is 0 Å². The number of nitrogens with one attached hydrogen (secondary N) is 1. The van der Waals surface area contributed by atoms with Gasteiger partial charge < -0.3 is 16.2 Å². The number of nitrogens with two attached hydrogens (primary N) is 1. The van der Waals surface area contributed by atoms with Crippen LogP contribution in [0.5, 0.6) is 0 Å². The van der Waals surface area contributed by atoms with Gasteiger partial charge in [-0.05, 0) is 42.5 Å². The highest BCUT2D eigenvalue weighted by atomic mass is 79.9. The highest BCUT2D eigenvalue weighted by Gasteiger charge is 2.07. The molecule has 2 rings (SSSR count). The molecule has 18 heavy (non-hydrogen) atoms. The number of aromatic carboxylic acids is 1. The zero-order valence-corrected chi connectivity index (χ0v) is 10.9. The number of rotatable bonds is 3. The fourth-order valence-corrected chi connectivity index (χ4v) is 1.80. The van der Waals surface area contributed by atoms with Crippen LogP contribution in [0.15, 0.2) is 46.9 Å². The maximum atomic E-state index is 10.8. The number of halogens is 1. The number of carbonyl (C=O) groups is 1. The zero-order chi connectivity index (χ0) is 13.1. The van der Waals surface area contributed by atoms with Crippen molar-refractivity contribution >= 4 is 39.0 Å². The van der Waals surface area contributed by atoms with Gasteiger partial charge in [0.1, 0.15) is 0 Å². The van der Waals surface area contributed by atoms with Crippen molar-refractivity contribution in [2.75, 3.05) is 11.1 Å². The Morgan fingerprint density at radius 3 is 2.28 bits per heavy atom. The van der Waals surface area contributed by atoms with Gasteiger partial charge >= 0.3 is 5.97 Å². The lowest BCUT2D eigenvalue weighted by molar-refractivity contribution is 0.0698. The summed E-state index contributed by atoms with van der Waals surface area (Å²) in [5.74, 6) is -1.03. The molecule has 0 aromatic heterocycles. The predicted octanol–water partition coefficient (Wildman–Crippen LogP) is 3.47. The van der Waals surface area contributed by atoms with Crippen LogP contribution in [0.1, 0.15) is 10.4 Å². The summed E-state index contributed by atoms with van der Waals surface area (Å²) in [6.07, 6.45) is 0. The first-order chi connectivity index (χ1) is 8.56. The predicted molar refractivity (Wildman–Crippen MR) is 75.2 cm³/mol. The van der Waals surface area contributed by atoms with Crippen LogP contribution < -0.4 is 11.1 Å². The molecule has 0 amide bonds. The van der Waals surface area contributed by atoms with E-state index in [1.54, 1.807) is 12.1 Å². The third kappa shape index (κ3) is 2.81. The molecule has 4 N–H and O–H groups in total. The van der Waals surface area contributed by atoms with Crippen LogP contribution in [0.4, 0.5) is 17.1 Å². The monoisotopic (exact) mass is 306 g/mol. The average molecular weight is 307 g/mol. The lowest BCUT2D eigenvalue weighted by Crippen LogP contribution is -2.02. The van der Waals surface area contributed by atoms with Gasteiger partial charge in [0.15, 0.2) is 0 Å². The Bertz CT molecular complexity index is 582. The molecule has 92 valence electrons. The summed E-state index contributed by atoms with van der Waals surface area (Å²) in [4.78, 5) is 10.8. The van der Waals surface area contributed by atoms with E-state index in [2.05, 4.69) is 21.2 Å². The van der Waals surface area contributed by atoms with Crippen molar-refractivity contribution in [1.29, 1.82) is 0 Å². The van der Waals surface area contributed by atoms with Crippen LogP contribution in [0, 0.1) is 0 Å². The quantitative estimate of drug-likeness (QED) is 0.759. The summed E-state index contributed by atoms with van der Waals surface area (Å²) >= 11 is 3.35. The molecule has 2 aromatic rings. The molecule has 5 heteroatoms. The minimum atomic E-state index is -1.03. The molecule has 0 aliphatic carbocycles. The summed E-state index contributed by atoms with van der Waals surface area (Å²) in [5.41, 5.74) is 7.67. The fourth-order valence-electron chi connectivity index (χ4n) is 1.54. The lowest BCUT2D eigenvalue weighted by Gasteiger charge is -2.08. The molecule has 0 radical (unpaired) electrons. The molecule has 0 aliphatic rings. The Balaban J connectivity index is 2.22. The van der Waals surface area contributed by atoms with Gasteiger partial charge in [0.25, 0.3) is 0 Å². The van der Waals surface area contributed by atoms with Gasteiger partial charge in [0.05, 0.1) is 5.56 Å². The van der Waals surface area contributed by atoms with Crippen LogP contribution in [-0.4, -0.2) is 11.1 Å². The van der Waals surface area contributed by atoms with Gasteiger partial charge in [0, 0.05) is 21.5 Å². The van der Waals surface area contributed by atoms with Crippen molar-refractivity contribution in [2.45, 2.75) is 0 Å². The molecule has 2 aromatic carbocycles. The SMILES string of the molecule is Nc1cc(Nc2ccc(Br)cc2)ccc1C(=O)O. The average Bonchev–Trinajstić information content (AvgIpc) is 2.32. The van der Waals surface area contributed by atoms with Crippen LogP contribution in [0.2, 0.25) is 0 Å². The second-order valence-electron chi connectivity index (χ2n) is 3.74. The lowest BCUT2D eigenvalue weighted by atomic mass is 10.1. The summed E-state index contributed by atoms with van der Waals surface area (Å²) in [7, 11) is 0. The number of anilines is 3. The van der Waals surface area contributed by atoms with E-state index in [4.69, 9.17) is 10.8 Å². The molecular weight excluding hydrogens is 296 g/mol. The maximum absolute atomic E-state index is 10.8. The number of carboxylic acids is 1. The molecular formula is C13H11BrN2O2. The number of nitrogen functional groups attached to an aromatic ring is 1. The van der Waals surface area contributed by atoms with Crippen molar-refractivity contribution in [2.24, 2.45) is 0 Å². The van der Waals surface area contributed by atoms with Crippen molar-refractivity contribution < 1.29 is 9.90 Å². The summed E-state index contributed by atoms with van der Waals surface area (Å²) in [6.45, 7) is 0. The van der Waals surface area contributed by atoms with Crippen molar-refractivity contribution in [3.63, 3.8) is 0 Å². The number of hydrogen-bond donors (Lipinski definition) is 3. The van der Waals surface area contributed by atoms with E-state index in [0.717, 1.165) is 15.8 Å². The topological polar surface area (TPSA) is 75.3 Å². The van der Waals surface area contributed by atoms with Crippen molar-refractivity contribution in [3.05, 3.63) is 52.5 Å². The molecule has 0 saturated heterocycles. The van der Waals surface area contributed by atoms with Gasteiger partial charge in [-0.3, -0.25) is 0 Å². The van der Waals surface area contributed by atoms with Crippen molar-refractivity contribution in [1.82, 2.24) is 0 Å². The van der Waals surface area contributed by atoms with Crippen LogP contribution in [0.25, 0.3) is 0 Å². The minimum Gasteiger partial charge on any atom is -0.478 e. The molecule has 0 atom stereocenters. The maximum Gasteiger partial charge on any atom is 0.337 e. The molecule has 4 nitrogen and oxygen atoms in total. The van der Waals surface area contributed by atoms with Crippen LogP contribution in [0.3, 0.4) is 0 Å². The normalized spacial score (nSPS) is 10.1. The smallest absolute Gasteiger partial charge is 0.337 e. The highest BCUT2D eigenvalue weighted by molar-refractivity contribution is 9.10. The first kappa shape index (κ1) is 12.4. The van der Waals surface area contributed by atoms with Gasteiger partial charge in [-0.1, -0.05) is 15.9 Å². The Hall–Kier alpha value is -2.01. The first-order valence-electron chi connectivity index (χ1n) is 5.21. The number of carboxylic acid groups (broad SMARTS) is 1. The third-order valence-electron chi connectivity index (χ3n) is 2.41. The van der Waals surface area contributed by atoms with Crippen molar-refractivity contribution in [3.8, 4) is 0 Å². The second-order valence-corrected chi connectivity index (χ2v) is 4.65. The van der Waals surface area contributed by atoms with E-state index in [1.807, 2.05) is 24.3 Å². The molecule has 0 spiro atoms. The van der Waals surface area contributed by atoms with Crippen LogP contribution >= 0.6 is 15.9 Å². The summed E-state index contributed by atoms with van der Waals surface area (Å²) in [5, 5.41) is 12.0. The Labute approximate surface area is 113 Å². The van der Waals surface area contributed by atoms with E-state index < -0.39 is 5.97 Å². The molecule has 0 saturated carbocycles. The second kappa shape index (κ2) is 5.10. The van der Waals surface area contributed by atoms with E-state index in [1.165, 1.54) is 6.07 Å². The summed E-state index contributed by atoms with van der Waals surface area (Å²) < 4.78 is 0.994. The van der Waals surface area contributed by atoms with E-state index >= 15 is 0 Å². The number of hydrogen-bond acceptors (Lipinski definition) is 3. The van der Waals surface area contributed by atoms with Gasteiger partial charge in [0.2, 0.25) is 0 Å². The minimum absolute atomic E-state index is 0.108. The largest absolute Gasteiger partial charge is 0.478 e. The summed E-state index contributed by atoms with van der Waals surface area (Å²) in [6, 6.07) is 12.4. The zero-order valence-electron chi connectivity index (χ0n) is 9.35.